The average Bonchev–Trinajstić information content (AvgIpc) is 3.47. The van der Waals surface area contributed by atoms with E-state index in [-0.39, 0.29) is 0 Å². The van der Waals surface area contributed by atoms with E-state index in [0.717, 1.165) is 42.9 Å². The standard InChI is InChI=1S/C23H23N5O2/c1-3-13-24-20(6-1)9-12-23-26-21(18-30-23)17-29-22-10-7-19(8-11-22)5-2-4-15-28-16-14-25-27-28/h1,3,6-14,16,18H,2,4-5,15,17H2/b12-9+. The van der Waals surface area contributed by atoms with E-state index >= 15 is 0 Å². The predicted molar refractivity (Wildman–Crippen MR) is 113 cm³/mol. The van der Waals surface area contributed by atoms with E-state index in [4.69, 9.17) is 9.15 Å². The summed E-state index contributed by atoms with van der Waals surface area (Å²) in [4.78, 5) is 8.64. The van der Waals surface area contributed by atoms with Crippen LogP contribution in [0.15, 0.2) is 71.7 Å². The molecule has 4 rings (SSSR count). The number of pyridine rings is 1. The topological polar surface area (TPSA) is 78.9 Å². The molecule has 0 bridgehead atoms. The largest absolute Gasteiger partial charge is 0.487 e. The van der Waals surface area contributed by atoms with Gasteiger partial charge in [0.25, 0.3) is 0 Å². The van der Waals surface area contributed by atoms with E-state index in [2.05, 4.69) is 32.4 Å². The molecule has 0 N–H and O–H groups in total. The Kier molecular flexibility index (Phi) is 6.63. The van der Waals surface area contributed by atoms with Crippen molar-refractivity contribution in [2.75, 3.05) is 0 Å². The van der Waals surface area contributed by atoms with Crippen LogP contribution in [0.3, 0.4) is 0 Å². The van der Waals surface area contributed by atoms with Crippen LogP contribution in [0, 0.1) is 0 Å². The van der Waals surface area contributed by atoms with Crippen LogP contribution in [0.4, 0.5) is 0 Å². The molecule has 0 aliphatic heterocycles. The summed E-state index contributed by atoms with van der Waals surface area (Å²) >= 11 is 0. The van der Waals surface area contributed by atoms with Crippen molar-refractivity contribution in [1.82, 2.24) is 25.0 Å². The second kappa shape index (κ2) is 10.2. The van der Waals surface area contributed by atoms with E-state index < -0.39 is 0 Å². The smallest absolute Gasteiger partial charge is 0.218 e. The van der Waals surface area contributed by atoms with Gasteiger partial charge in [0.2, 0.25) is 5.89 Å². The number of rotatable bonds is 10. The third-order valence-corrected chi connectivity index (χ3v) is 4.54. The van der Waals surface area contributed by atoms with Gasteiger partial charge in [0.1, 0.15) is 24.3 Å². The number of nitrogens with zero attached hydrogens (tertiary/aromatic N) is 5. The van der Waals surface area contributed by atoms with Crippen LogP contribution in [-0.2, 0) is 19.6 Å². The van der Waals surface area contributed by atoms with Crippen molar-refractivity contribution in [2.24, 2.45) is 0 Å². The molecule has 0 aliphatic rings. The van der Waals surface area contributed by atoms with Gasteiger partial charge in [0, 0.05) is 25.0 Å². The Hall–Kier alpha value is -3.74. The van der Waals surface area contributed by atoms with Gasteiger partial charge in [-0.25, -0.2) is 4.98 Å². The minimum atomic E-state index is 0.359. The Morgan fingerprint density at radius 2 is 1.93 bits per heavy atom. The summed E-state index contributed by atoms with van der Waals surface area (Å²) in [6.45, 7) is 1.26. The molecule has 0 saturated heterocycles. The molecular weight excluding hydrogens is 378 g/mol. The maximum absolute atomic E-state index is 5.82. The van der Waals surface area contributed by atoms with Gasteiger partial charge in [-0.1, -0.05) is 23.4 Å². The second-order valence-electron chi connectivity index (χ2n) is 6.82. The second-order valence-corrected chi connectivity index (χ2v) is 6.82. The van der Waals surface area contributed by atoms with Gasteiger partial charge < -0.3 is 9.15 Å². The number of benzene rings is 1. The van der Waals surface area contributed by atoms with Crippen LogP contribution in [0.25, 0.3) is 12.2 Å². The lowest BCUT2D eigenvalue weighted by Crippen LogP contribution is -1.99. The molecular formula is C23H23N5O2. The molecule has 0 saturated carbocycles. The molecule has 152 valence electrons. The molecule has 0 unspecified atom stereocenters. The lowest BCUT2D eigenvalue weighted by atomic mass is 10.1. The number of unbranched alkanes of at least 4 members (excludes halogenated alkanes) is 1. The third kappa shape index (κ3) is 5.88. The van der Waals surface area contributed by atoms with Crippen LogP contribution in [0.1, 0.15) is 35.7 Å². The molecule has 7 nitrogen and oxygen atoms in total. The highest BCUT2D eigenvalue weighted by Crippen LogP contribution is 2.16. The third-order valence-electron chi connectivity index (χ3n) is 4.54. The van der Waals surface area contributed by atoms with E-state index in [9.17, 15) is 0 Å². The fourth-order valence-electron chi connectivity index (χ4n) is 2.96. The van der Waals surface area contributed by atoms with Crippen LogP contribution >= 0.6 is 0 Å². The Labute approximate surface area is 175 Å². The van der Waals surface area contributed by atoms with Crippen molar-refractivity contribution in [2.45, 2.75) is 32.4 Å². The maximum Gasteiger partial charge on any atom is 0.218 e. The van der Waals surface area contributed by atoms with Crippen molar-refractivity contribution in [3.8, 4) is 5.75 Å². The van der Waals surface area contributed by atoms with E-state index in [1.807, 2.05) is 47.3 Å². The van der Waals surface area contributed by atoms with Crippen molar-refractivity contribution in [1.29, 1.82) is 0 Å². The van der Waals surface area contributed by atoms with E-state index in [1.165, 1.54) is 5.56 Å². The summed E-state index contributed by atoms with van der Waals surface area (Å²) in [5, 5.41) is 7.79. The fraction of sp³-hybridized carbons (Fsp3) is 0.217. The molecule has 30 heavy (non-hydrogen) atoms. The maximum atomic E-state index is 5.82. The normalized spacial score (nSPS) is 11.2. The molecule has 0 aliphatic carbocycles. The molecule has 0 amide bonds. The zero-order valence-corrected chi connectivity index (χ0v) is 16.6. The monoisotopic (exact) mass is 401 g/mol. The zero-order valence-electron chi connectivity index (χ0n) is 16.6. The van der Waals surface area contributed by atoms with Gasteiger partial charge in [-0.3, -0.25) is 9.67 Å². The molecule has 3 heterocycles. The molecule has 0 fully saturated rings. The number of hydrogen-bond acceptors (Lipinski definition) is 6. The Bertz CT molecular complexity index is 1040. The first-order valence-electron chi connectivity index (χ1n) is 9.94. The number of oxazole rings is 1. The van der Waals surface area contributed by atoms with Crippen molar-refractivity contribution in [3.63, 3.8) is 0 Å². The van der Waals surface area contributed by atoms with Crippen molar-refractivity contribution < 1.29 is 9.15 Å². The Morgan fingerprint density at radius 1 is 1.00 bits per heavy atom. The highest BCUT2D eigenvalue weighted by molar-refractivity contribution is 5.63. The van der Waals surface area contributed by atoms with Crippen LogP contribution in [-0.4, -0.2) is 25.0 Å². The highest BCUT2D eigenvalue weighted by Gasteiger charge is 2.03. The zero-order chi connectivity index (χ0) is 20.4. The van der Waals surface area contributed by atoms with Crippen LogP contribution in [0.2, 0.25) is 0 Å². The molecule has 1 aromatic carbocycles. The molecule has 0 atom stereocenters. The lowest BCUT2D eigenvalue weighted by molar-refractivity contribution is 0.301. The number of aromatic nitrogens is 5. The summed E-state index contributed by atoms with van der Waals surface area (Å²) in [6, 6.07) is 13.9. The fourth-order valence-corrected chi connectivity index (χ4v) is 2.96. The first kappa shape index (κ1) is 19.6. The summed E-state index contributed by atoms with van der Waals surface area (Å²) in [7, 11) is 0. The highest BCUT2D eigenvalue weighted by atomic mass is 16.5. The molecule has 0 radical (unpaired) electrons. The number of ether oxygens (including phenoxy) is 1. The van der Waals surface area contributed by atoms with Gasteiger partial charge in [0.05, 0.1) is 11.9 Å². The average molecular weight is 401 g/mol. The van der Waals surface area contributed by atoms with Gasteiger partial charge >= 0.3 is 0 Å². The quantitative estimate of drug-likeness (QED) is 0.366. The van der Waals surface area contributed by atoms with Gasteiger partial charge in [-0.2, -0.15) is 0 Å². The summed E-state index contributed by atoms with van der Waals surface area (Å²) in [5.74, 6) is 1.34. The summed E-state index contributed by atoms with van der Waals surface area (Å²) in [5.41, 5.74) is 2.89. The van der Waals surface area contributed by atoms with Crippen molar-refractivity contribution in [3.05, 3.63) is 90.2 Å². The van der Waals surface area contributed by atoms with Crippen LogP contribution < -0.4 is 4.74 Å². The lowest BCUT2D eigenvalue weighted by Gasteiger charge is -2.06. The van der Waals surface area contributed by atoms with E-state index in [1.54, 1.807) is 24.7 Å². The Morgan fingerprint density at radius 3 is 2.73 bits per heavy atom. The van der Waals surface area contributed by atoms with Crippen molar-refractivity contribution >= 4 is 12.2 Å². The first-order valence-corrected chi connectivity index (χ1v) is 9.94. The molecule has 4 aromatic rings. The molecule has 0 spiro atoms. The van der Waals surface area contributed by atoms with Crippen LogP contribution in [0.5, 0.6) is 5.75 Å². The SMILES string of the molecule is C(=C\c1nc(COc2ccc(CCCCn3ccnn3)cc2)co1)/c1ccccn1. The minimum absolute atomic E-state index is 0.359. The van der Waals surface area contributed by atoms with Gasteiger partial charge in [0.15, 0.2) is 0 Å². The minimum Gasteiger partial charge on any atom is -0.487 e. The van der Waals surface area contributed by atoms with Gasteiger partial charge in [-0.05, 0) is 55.2 Å². The molecule has 7 heteroatoms. The predicted octanol–water partition coefficient (Wildman–Crippen LogP) is 4.43. The molecule has 3 aromatic heterocycles. The summed E-state index contributed by atoms with van der Waals surface area (Å²) < 4.78 is 13.1. The number of hydrogen-bond donors (Lipinski definition) is 0. The van der Waals surface area contributed by atoms with E-state index in [0.29, 0.717) is 12.5 Å². The number of aryl methyl sites for hydroxylation is 2. The Balaban J connectivity index is 1.20. The van der Waals surface area contributed by atoms with Gasteiger partial charge in [-0.15, -0.1) is 5.10 Å². The first-order chi connectivity index (χ1) is 14.8. The summed E-state index contributed by atoms with van der Waals surface area (Å²) in [6.07, 6.45) is 13.8.